The van der Waals surface area contributed by atoms with Crippen LogP contribution in [0.3, 0.4) is 0 Å². The predicted octanol–water partition coefficient (Wildman–Crippen LogP) is 1.98. The van der Waals surface area contributed by atoms with E-state index >= 15 is 0 Å². The highest BCUT2D eigenvalue weighted by atomic mass is 16.3. The minimum absolute atomic E-state index is 0.0370. The van der Waals surface area contributed by atoms with Gasteiger partial charge in [0.2, 0.25) is 11.8 Å². The number of benzene rings is 1. The molecule has 0 radical (unpaired) electrons. The SMILES string of the molecule is NC(=O)c1coc([C@@H]2CCCN2C(=O)c2coc([C@@H](N)Cc3ccccc3)n2)n1. The third-order valence-corrected chi connectivity index (χ3v) is 4.93. The Kier molecular flexibility index (Phi) is 5.13. The standard InChI is InChI=1S/C20H21N5O4/c21-13(9-12-5-2-1-3-6-12)18-24-15(11-28-18)20(27)25-8-4-7-16(25)19-23-14(10-29-19)17(22)26/h1-3,5-6,10-11,13,16H,4,7-9,21H2,(H2,22,26)/t13-,16-/m0/s1. The summed E-state index contributed by atoms with van der Waals surface area (Å²) in [6.45, 7) is 0.524. The summed E-state index contributed by atoms with van der Waals surface area (Å²) in [5.74, 6) is -0.383. The molecule has 1 aliphatic rings. The van der Waals surface area contributed by atoms with E-state index in [2.05, 4.69) is 9.97 Å². The van der Waals surface area contributed by atoms with Crippen LogP contribution in [-0.2, 0) is 6.42 Å². The number of primary amides is 1. The van der Waals surface area contributed by atoms with Gasteiger partial charge in [-0.05, 0) is 24.8 Å². The van der Waals surface area contributed by atoms with E-state index in [1.165, 1.54) is 12.5 Å². The minimum Gasteiger partial charge on any atom is -0.446 e. The van der Waals surface area contributed by atoms with Gasteiger partial charge in [0.25, 0.3) is 11.8 Å². The maximum atomic E-state index is 13.0. The zero-order chi connectivity index (χ0) is 20.4. The van der Waals surface area contributed by atoms with E-state index in [0.29, 0.717) is 25.3 Å². The van der Waals surface area contributed by atoms with Crippen LogP contribution < -0.4 is 11.5 Å². The van der Waals surface area contributed by atoms with E-state index < -0.39 is 11.9 Å². The number of hydrogen-bond acceptors (Lipinski definition) is 7. The number of carbonyl (C=O) groups is 2. The zero-order valence-electron chi connectivity index (χ0n) is 15.7. The van der Waals surface area contributed by atoms with Crippen LogP contribution in [0.15, 0.2) is 51.7 Å². The molecule has 0 spiro atoms. The highest BCUT2D eigenvalue weighted by Gasteiger charge is 2.35. The number of likely N-dealkylation sites (tertiary alicyclic amines) is 1. The molecule has 4 N–H and O–H groups in total. The number of carbonyl (C=O) groups excluding carboxylic acids is 2. The minimum atomic E-state index is -0.676. The molecule has 9 heteroatoms. The highest BCUT2D eigenvalue weighted by Crippen LogP contribution is 2.32. The van der Waals surface area contributed by atoms with Crippen molar-refractivity contribution in [2.75, 3.05) is 6.54 Å². The van der Waals surface area contributed by atoms with Crippen LogP contribution >= 0.6 is 0 Å². The molecule has 1 fully saturated rings. The van der Waals surface area contributed by atoms with Crippen molar-refractivity contribution >= 4 is 11.8 Å². The normalized spacial score (nSPS) is 17.4. The molecule has 2 atom stereocenters. The van der Waals surface area contributed by atoms with Crippen LogP contribution in [0, 0.1) is 0 Å². The summed E-state index contributed by atoms with van der Waals surface area (Å²) in [6, 6.07) is 8.91. The van der Waals surface area contributed by atoms with Crippen molar-refractivity contribution in [3.8, 4) is 0 Å². The molecule has 0 unspecified atom stereocenters. The second-order valence-electron chi connectivity index (χ2n) is 6.96. The van der Waals surface area contributed by atoms with E-state index in [1.807, 2.05) is 30.3 Å². The van der Waals surface area contributed by atoms with E-state index in [0.717, 1.165) is 12.0 Å². The van der Waals surface area contributed by atoms with Gasteiger partial charge in [0.1, 0.15) is 18.6 Å². The van der Waals surface area contributed by atoms with Gasteiger partial charge >= 0.3 is 0 Å². The van der Waals surface area contributed by atoms with Crippen molar-refractivity contribution in [3.05, 3.63) is 71.6 Å². The van der Waals surface area contributed by atoms with Gasteiger partial charge in [0.05, 0.1) is 6.04 Å². The van der Waals surface area contributed by atoms with Gasteiger partial charge in [-0.15, -0.1) is 0 Å². The third kappa shape index (κ3) is 3.90. The molecule has 1 saturated heterocycles. The highest BCUT2D eigenvalue weighted by molar-refractivity contribution is 5.92. The molecule has 2 amide bonds. The average molecular weight is 395 g/mol. The number of nitrogens with zero attached hydrogens (tertiary/aromatic N) is 3. The number of hydrogen-bond donors (Lipinski definition) is 2. The van der Waals surface area contributed by atoms with Crippen LogP contribution in [0.25, 0.3) is 0 Å². The van der Waals surface area contributed by atoms with Crippen molar-refractivity contribution in [2.45, 2.75) is 31.3 Å². The molecule has 9 nitrogen and oxygen atoms in total. The largest absolute Gasteiger partial charge is 0.446 e. The molecule has 1 aliphatic heterocycles. The Hall–Kier alpha value is -3.46. The maximum Gasteiger partial charge on any atom is 0.276 e. The number of aromatic nitrogens is 2. The first-order valence-electron chi connectivity index (χ1n) is 9.34. The Morgan fingerprint density at radius 3 is 2.62 bits per heavy atom. The van der Waals surface area contributed by atoms with Crippen molar-refractivity contribution in [1.29, 1.82) is 0 Å². The Bertz CT molecular complexity index is 1010. The lowest BCUT2D eigenvalue weighted by molar-refractivity contribution is 0.0709. The summed E-state index contributed by atoms with van der Waals surface area (Å²) in [4.78, 5) is 34.2. The zero-order valence-corrected chi connectivity index (χ0v) is 15.7. The van der Waals surface area contributed by atoms with Crippen molar-refractivity contribution in [3.63, 3.8) is 0 Å². The number of amides is 2. The summed E-state index contributed by atoms with van der Waals surface area (Å²) >= 11 is 0. The fourth-order valence-corrected chi connectivity index (χ4v) is 3.48. The first kappa shape index (κ1) is 18.9. The van der Waals surface area contributed by atoms with Gasteiger partial charge in [0.15, 0.2) is 11.4 Å². The molecule has 0 bridgehead atoms. The van der Waals surface area contributed by atoms with Crippen molar-refractivity contribution in [1.82, 2.24) is 14.9 Å². The van der Waals surface area contributed by atoms with Gasteiger partial charge in [-0.3, -0.25) is 9.59 Å². The fourth-order valence-electron chi connectivity index (χ4n) is 3.48. The lowest BCUT2D eigenvalue weighted by atomic mass is 10.1. The maximum absolute atomic E-state index is 13.0. The molecule has 1 aromatic carbocycles. The molecule has 0 saturated carbocycles. The van der Waals surface area contributed by atoms with E-state index in [4.69, 9.17) is 20.3 Å². The lowest BCUT2D eigenvalue weighted by Crippen LogP contribution is -2.31. The van der Waals surface area contributed by atoms with Crippen molar-refractivity contribution in [2.24, 2.45) is 11.5 Å². The summed E-state index contributed by atoms with van der Waals surface area (Å²) in [6.07, 6.45) is 4.52. The summed E-state index contributed by atoms with van der Waals surface area (Å²) in [5.41, 5.74) is 12.7. The molecule has 4 rings (SSSR count). The number of nitrogens with two attached hydrogens (primary N) is 2. The monoisotopic (exact) mass is 395 g/mol. The first-order valence-corrected chi connectivity index (χ1v) is 9.34. The molecular formula is C20H21N5O4. The lowest BCUT2D eigenvalue weighted by Gasteiger charge is -2.20. The van der Waals surface area contributed by atoms with Crippen LogP contribution in [0.1, 0.15) is 63.2 Å². The second kappa shape index (κ2) is 7.88. The Balaban J connectivity index is 1.48. The summed E-state index contributed by atoms with van der Waals surface area (Å²) < 4.78 is 10.8. The quantitative estimate of drug-likeness (QED) is 0.650. The fraction of sp³-hybridized carbons (Fsp3) is 0.300. The summed E-state index contributed by atoms with van der Waals surface area (Å²) in [7, 11) is 0. The van der Waals surface area contributed by atoms with Crippen LogP contribution in [-0.4, -0.2) is 33.2 Å². The molecular weight excluding hydrogens is 374 g/mol. The molecule has 0 aliphatic carbocycles. The topological polar surface area (TPSA) is 141 Å². The second-order valence-corrected chi connectivity index (χ2v) is 6.96. The van der Waals surface area contributed by atoms with Gasteiger partial charge in [0, 0.05) is 6.54 Å². The Morgan fingerprint density at radius 2 is 1.90 bits per heavy atom. The Morgan fingerprint density at radius 1 is 1.14 bits per heavy atom. The van der Waals surface area contributed by atoms with E-state index in [9.17, 15) is 9.59 Å². The van der Waals surface area contributed by atoms with Gasteiger partial charge in [-0.1, -0.05) is 30.3 Å². The molecule has 3 heterocycles. The summed E-state index contributed by atoms with van der Waals surface area (Å²) in [5, 5.41) is 0. The van der Waals surface area contributed by atoms with Gasteiger partial charge in [-0.2, -0.15) is 0 Å². The number of rotatable bonds is 6. The predicted molar refractivity (Wildman–Crippen MR) is 102 cm³/mol. The average Bonchev–Trinajstić information content (AvgIpc) is 3.48. The number of oxazole rings is 2. The van der Waals surface area contributed by atoms with E-state index in [1.54, 1.807) is 4.90 Å². The van der Waals surface area contributed by atoms with E-state index in [-0.39, 0.29) is 29.2 Å². The van der Waals surface area contributed by atoms with Gasteiger partial charge in [-0.25, -0.2) is 9.97 Å². The van der Waals surface area contributed by atoms with Crippen LogP contribution in [0.5, 0.6) is 0 Å². The molecule has 29 heavy (non-hydrogen) atoms. The smallest absolute Gasteiger partial charge is 0.276 e. The van der Waals surface area contributed by atoms with Crippen molar-refractivity contribution < 1.29 is 18.4 Å². The van der Waals surface area contributed by atoms with Crippen LogP contribution in [0.4, 0.5) is 0 Å². The third-order valence-electron chi connectivity index (χ3n) is 4.93. The Labute approximate surface area is 166 Å². The van der Waals surface area contributed by atoms with Gasteiger partial charge < -0.3 is 25.2 Å². The first-order chi connectivity index (χ1) is 14.0. The van der Waals surface area contributed by atoms with Crippen LogP contribution in [0.2, 0.25) is 0 Å². The molecule has 150 valence electrons. The molecule has 3 aromatic rings. The molecule has 2 aromatic heterocycles.